The molecule has 1 amide bonds. The molecule has 2 aromatic carbocycles. The molecule has 3 rings (SSSR count). The van der Waals surface area contributed by atoms with E-state index < -0.39 is 10.0 Å². The van der Waals surface area contributed by atoms with Gasteiger partial charge < -0.3 is 10.1 Å². The van der Waals surface area contributed by atoms with Crippen LogP contribution in [0.3, 0.4) is 0 Å². The Kier molecular flexibility index (Phi) is 7.15. The number of nitrogens with zero attached hydrogens (tertiary/aromatic N) is 1. The second kappa shape index (κ2) is 9.62. The number of aryl methyl sites for hydroxylation is 2. The van der Waals surface area contributed by atoms with Crippen molar-refractivity contribution < 1.29 is 17.9 Å². The number of carbonyl (C=O) groups is 1. The molecule has 1 atom stereocenters. The van der Waals surface area contributed by atoms with Crippen molar-refractivity contribution in [1.29, 1.82) is 0 Å². The molecule has 30 heavy (non-hydrogen) atoms. The first-order valence-electron chi connectivity index (χ1n) is 10.2. The lowest BCUT2D eigenvalue weighted by atomic mass is 9.96. The van der Waals surface area contributed by atoms with E-state index in [4.69, 9.17) is 4.74 Å². The minimum absolute atomic E-state index is 0.0536. The largest absolute Gasteiger partial charge is 0.491 e. The number of ether oxygens (including phenoxy) is 1. The number of rotatable bonds is 7. The van der Waals surface area contributed by atoms with E-state index in [1.54, 1.807) is 0 Å². The van der Waals surface area contributed by atoms with Gasteiger partial charge in [0.25, 0.3) is 0 Å². The van der Waals surface area contributed by atoms with E-state index in [9.17, 15) is 13.2 Å². The standard InChI is InChI=1S/C23H30N2O4S/c1-17-8-7-9-18(2)22(17)29-16-21(19-10-5-4-6-11-19)24-23(26)20-12-14-25(15-13-20)30(3,27)28/h4-11,20-21H,12-16H2,1-3H3,(H,24,26). The van der Waals surface area contributed by atoms with Gasteiger partial charge in [0, 0.05) is 19.0 Å². The fraction of sp³-hybridized carbons (Fsp3) is 0.435. The number of nitrogens with one attached hydrogen (secondary N) is 1. The number of hydrogen-bond donors (Lipinski definition) is 1. The molecule has 0 radical (unpaired) electrons. The van der Waals surface area contributed by atoms with Crippen LogP contribution in [0, 0.1) is 19.8 Å². The summed E-state index contributed by atoms with van der Waals surface area (Å²) < 4.78 is 31.0. The molecule has 1 N–H and O–H groups in total. The van der Waals surface area contributed by atoms with Gasteiger partial charge in [-0.1, -0.05) is 48.5 Å². The molecule has 0 spiro atoms. The zero-order chi connectivity index (χ0) is 21.7. The first-order chi connectivity index (χ1) is 14.3. The van der Waals surface area contributed by atoms with E-state index in [0.717, 1.165) is 22.4 Å². The Bertz CT molecular complexity index is 948. The molecule has 6 nitrogen and oxygen atoms in total. The molecule has 0 aromatic heterocycles. The normalized spacial score (nSPS) is 16.8. The van der Waals surface area contributed by atoms with Crippen molar-refractivity contribution in [3.05, 3.63) is 65.2 Å². The highest BCUT2D eigenvalue weighted by Crippen LogP contribution is 2.25. The van der Waals surface area contributed by atoms with Gasteiger partial charge >= 0.3 is 0 Å². The number of amides is 1. The van der Waals surface area contributed by atoms with Gasteiger partial charge in [-0.3, -0.25) is 4.79 Å². The second-order valence-electron chi connectivity index (χ2n) is 7.94. The fourth-order valence-corrected chi connectivity index (χ4v) is 4.71. The van der Waals surface area contributed by atoms with Crippen LogP contribution in [-0.2, 0) is 14.8 Å². The predicted molar refractivity (Wildman–Crippen MR) is 118 cm³/mol. The highest BCUT2D eigenvalue weighted by atomic mass is 32.2. The molecule has 162 valence electrons. The fourth-order valence-electron chi connectivity index (χ4n) is 3.84. The lowest BCUT2D eigenvalue weighted by Gasteiger charge is -2.30. The molecule has 1 aliphatic rings. The summed E-state index contributed by atoms with van der Waals surface area (Å²) in [6.45, 7) is 5.10. The third-order valence-corrected chi connectivity index (χ3v) is 6.92. The summed E-state index contributed by atoms with van der Waals surface area (Å²) >= 11 is 0. The number of piperidine rings is 1. The van der Waals surface area contributed by atoms with Gasteiger partial charge in [0.2, 0.25) is 15.9 Å². The Balaban J connectivity index is 1.68. The molecule has 1 saturated heterocycles. The van der Waals surface area contributed by atoms with E-state index >= 15 is 0 Å². The quantitative estimate of drug-likeness (QED) is 0.732. The van der Waals surface area contributed by atoms with Crippen molar-refractivity contribution >= 4 is 15.9 Å². The average Bonchev–Trinajstić information content (AvgIpc) is 2.72. The second-order valence-corrected chi connectivity index (χ2v) is 9.92. The molecule has 7 heteroatoms. The number of hydrogen-bond acceptors (Lipinski definition) is 4. The van der Waals surface area contributed by atoms with Gasteiger partial charge in [0.05, 0.1) is 12.3 Å². The number of sulfonamides is 1. The zero-order valence-corrected chi connectivity index (χ0v) is 18.6. The summed E-state index contributed by atoms with van der Waals surface area (Å²) in [6.07, 6.45) is 2.26. The summed E-state index contributed by atoms with van der Waals surface area (Å²) in [5.74, 6) is 0.589. The maximum Gasteiger partial charge on any atom is 0.223 e. The topological polar surface area (TPSA) is 75.7 Å². The third kappa shape index (κ3) is 5.61. The van der Waals surface area contributed by atoms with Crippen LogP contribution in [-0.4, -0.2) is 44.6 Å². The van der Waals surface area contributed by atoms with Crippen LogP contribution in [0.15, 0.2) is 48.5 Å². The molecule has 1 aliphatic heterocycles. The summed E-state index contributed by atoms with van der Waals surface area (Å²) in [5.41, 5.74) is 3.09. The van der Waals surface area contributed by atoms with Crippen LogP contribution < -0.4 is 10.1 Å². The van der Waals surface area contributed by atoms with Gasteiger partial charge in [-0.25, -0.2) is 12.7 Å². The summed E-state index contributed by atoms with van der Waals surface area (Å²) in [4.78, 5) is 12.9. The van der Waals surface area contributed by atoms with Crippen LogP contribution >= 0.6 is 0 Å². The minimum Gasteiger partial charge on any atom is -0.491 e. The lowest BCUT2D eigenvalue weighted by molar-refractivity contribution is -0.127. The van der Waals surface area contributed by atoms with Crippen molar-refractivity contribution in [2.24, 2.45) is 5.92 Å². The van der Waals surface area contributed by atoms with Gasteiger partial charge in [-0.15, -0.1) is 0 Å². The smallest absolute Gasteiger partial charge is 0.223 e. The summed E-state index contributed by atoms with van der Waals surface area (Å²) in [7, 11) is -3.21. The number of benzene rings is 2. The Labute approximate surface area is 179 Å². The van der Waals surface area contributed by atoms with Gasteiger partial charge in [-0.2, -0.15) is 0 Å². The van der Waals surface area contributed by atoms with Crippen molar-refractivity contribution in [2.75, 3.05) is 26.0 Å². The van der Waals surface area contributed by atoms with Gasteiger partial charge in [0.1, 0.15) is 12.4 Å². The first-order valence-corrected chi connectivity index (χ1v) is 12.1. The van der Waals surface area contributed by atoms with Crippen molar-refractivity contribution in [3.63, 3.8) is 0 Å². The zero-order valence-electron chi connectivity index (χ0n) is 17.8. The third-order valence-electron chi connectivity index (χ3n) is 5.62. The Morgan fingerprint density at radius 1 is 1.07 bits per heavy atom. The Morgan fingerprint density at radius 3 is 2.23 bits per heavy atom. The Hall–Kier alpha value is -2.38. The van der Waals surface area contributed by atoms with Crippen molar-refractivity contribution in [3.8, 4) is 5.75 Å². The molecular formula is C23H30N2O4S. The molecule has 1 unspecified atom stereocenters. The molecule has 2 aromatic rings. The van der Waals surface area contributed by atoms with E-state index in [1.807, 2.05) is 62.4 Å². The molecular weight excluding hydrogens is 400 g/mol. The minimum atomic E-state index is -3.21. The van der Waals surface area contributed by atoms with E-state index in [1.165, 1.54) is 10.6 Å². The monoisotopic (exact) mass is 430 g/mol. The molecule has 0 bridgehead atoms. The maximum absolute atomic E-state index is 12.9. The van der Waals surface area contributed by atoms with E-state index in [0.29, 0.717) is 32.5 Å². The van der Waals surface area contributed by atoms with Gasteiger partial charge in [0.15, 0.2) is 0 Å². The Morgan fingerprint density at radius 2 is 1.67 bits per heavy atom. The SMILES string of the molecule is Cc1cccc(C)c1OCC(NC(=O)C1CCN(S(C)(=O)=O)CC1)c1ccccc1. The van der Waals surface area contributed by atoms with E-state index in [2.05, 4.69) is 5.32 Å². The van der Waals surface area contributed by atoms with Crippen LogP contribution in [0.4, 0.5) is 0 Å². The van der Waals surface area contributed by atoms with Crippen LogP contribution in [0.5, 0.6) is 5.75 Å². The molecule has 1 fully saturated rings. The molecule has 1 heterocycles. The maximum atomic E-state index is 12.9. The van der Waals surface area contributed by atoms with Crippen LogP contribution in [0.2, 0.25) is 0 Å². The summed E-state index contributed by atoms with van der Waals surface area (Å²) in [5, 5.41) is 3.13. The number of para-hydroxylation sites is 1. The number of carbonyl (C=O) groups excluding carboxylic acids is 1. The molecule has 0 aliphatic carbocycles. The predicted octanol–water partition coefficient (Wildman–Crippen LogP) is 3.21. The first kappa shape index (κ1) is 22.3. The highest BCUT2D eigenvalue weighted by molar-refractivity contribution is 7.88. The van der Waals surface area contributed by atoms with Crippen molar-refractivity contribution in [1.82, 2.24) is 9.62 Å². The van der Waals surface area contributed by atoms with E-state index in [-0.39, 0.29) is 17.9 Å². The average molecular weight is 431 g/mol. The highest BCUT2D eigenvalue weighted by Gasteiger charge is 2.30. The van der Waals surface area contributed by atoms with Crippen molar-refractivity contribution in [2.45, 2.75) is 32.7 Å². The molecule has 0 saturated carbocycles. The van der Waals surface area contributed by atoms with Crippen LogP contribution in [0.25, 0.3) is 0 Å². The van der Waals surface area contributed by atoms with Crippen LogP contribution in [0.1, 0.15) is 35.6 Å². The summed E-state index contributed by atoms with van der Waals surface area (Å²) in [6, 6.07) is 15.5. The lowest BCUT2D eigenvalue weighted by Crippen LogP contribution is -2.44. The van der Waals surface area contributed by atoms with Gasteiger partial charge in [-0.05, 0) is 43.4 Å².